The first-order valence-corrected chi connectivity index (χ1v) is 5.96. The lowest BCUT2D eigenvalue weighted by atomic mass is 9.87. The van der Waals surface area contributed by atoms with Gasteiger partial charge in [0, 0.05) is 0 Å². The molecule has 1 heteroatoms. The monoisotopic (exact) mass is 205 g/mol. The minimum absolute atomic E-state index is 0.653. The molecule has 0 bridgehead atoms. The SMILES string of the molecule is CCCC(CCN)c1cccc(C)c1C. The zero-order valence-corrected chi connectivity index (χ0v) is 10.2. The molecule has 0 radical (unpaired) electrons. The van der Waals surface area contributed by atoms with E-state index in [1.165, 1.54) is 29.5 Å². The third-order valence-electron chi connectivity index (χ3n) is 3.24. The molecule has 0 fully saturated rings. The Morgan fingerprint density at radius 1 is 1.20 bits per heavy atom. The molecule has 84 valence electrons. The summed E-state index contributed by atoms with van der Waals surface area (Å²) in [5.41, 5.74) is 10.0. The highest BCUT2D eigenvalue weighted by molar-refractivity contribution is 5.35. The average Bonchev–Trinajstić information content (AvgIpc) is 2.22. The van der Waals surface area contributed by atoms with E-state index >= 15 is 0 Å². The van der Waals surface area contributed by atoms with Crippen LogP contribution in [0.1, 0.15) is 48.8 Å². The molecule has 2 N–H and O–H groups in total. The quantitative estimate of drug-likeness (QED) is 0.781. The largest absolute Gasteiger partial charge is 0.330 e. The van der Waals surface area contributed by atoms with Crippen molar-refractivity contribution in [1.82, 2.24) is 0 Å². The van der Waals surface area contributed by atoms with Crippen molar-refractivity contribution >= 4 is 0 Å². The van der Waals surface area contributed by atoms with Crippen LogP contribution in [-0.2, 0) is 0 Å². The van der Waals surface area contributed by atoms with Crippen LogP contribution in [0.4, 0.5) is 0 Å². The molecule has 0 aliphatic rings. The highest BCUT2D eigenvalue weighted by Crippen LogP contribution is 2.28. The number of rotatable bonds is 5. The van der Waals surface area contributed by atoms with Gasteiger partial charge >= 0.3 is 0 Å². The molecule has 1 nitrogen and oxygen atoms in total. The summed E-state index contributed by atoms with van der Waals surface area (Å²) in [6, 6.07) is 6.61. The predicted molar refractivity (Wildman–Crippen MR) is 67.2 cm³/mol. The summed E-state index contributed by atoms with van der Waals surface area (Å²) < 4.78 is 0. The summed E-state index contributed by atoms with van der Waals surface area (Å²) in [6.07, 6.45) is 3.59. The van der Waals surface area contributed by atoms with E-state index in [-0.39, 0.29) is 0 Å². The van der Waals surface area contributed by atoms with E-state index in [2.05, 4.69) is 39.0 Å². The second kappa shape index (κ2) is 5.92. The van der Waals surface area contributed by atoms with Crippen molar-refractivity contribution < 1.29 is 0 Å². The van der Waals surface area contributed by atoms with E-state index in [4.69, 9.17) is 5.73 Å². The van der Waals surface area contributed by atoms with Crippen molar-refractivity contribution in [2.24, 2.45) is 5.73 Å². The van der Waals surface area contributed by atoms with Gasteiger partial charge in [-0.15, -0.1) is 0 Å². The van der Waals surface area contributed by atoms with Crippen LogP contribution in [0.25, 0.3) is 0 Å². The molecule has 1 aromatic rings. The molecule has 1 rings (SSSR count). The van der Waals surface area contributed by atoms with Crippen molar-refractivity contribution in [3.63, 3.8) is 0 Å². The van der Waals surface area contributed by atoms with Crippen LogP contribution >= 0.6 is 0 Å². The minimum atomic E-state index is 0.653. The fourth-order valence-corrected chi connectivity index (χ4v) is 2.22. The predicted octanol–water partition coefficient (Wildman–Crippen LogP) is 3.54. The van der Waals surface area contributed by atoms with Crippen molar-refractivity contribution in [3.05, 3.63) is 34.9 Å². The Kier molecular flexibility index (Phi) is 4.83. The topological polar surface area (TPSA) is 26.0 Å². The van der Waals surface area contributed by atoms with E-state index in [0.717, 1.165) is 13.0 Å². The molecular weight excluding hydrogens is 182 g/mol. The van der Waals surface area contributed by atoms with Crippen LogP contribution in [0.5, 0.6) is 0 Å². The summed E-state index contributed by atoms with van der Waals surface area (Å²) in [7, 11) is 0. The van der Waals surface area contributed by atoms with Crippen LogP contribution in [0.3, 0.4) is 0 Å². The molecule has 1 unspecified atom stereocenters. The maximum Gasteiger partial charge on any atom is -0.00714 e. The van der Waals surface area contributed by atoms with Crippen LogP contribution in [0.2, 0.25) is 0 Å². The maximum atomic E-state index is 5.69. The first-order chi connectivity index (χ1) is 7.20. The van der Waals surface area contributed by atoms with Gasteiger partial charge in [-0.2, -0.15) is 0 Å². The van der Waals surface area contributed by atoms with Crippen LogP contribution < -0.4 is 5.73 Å². The smallest absolute Gasteiger partial charge is 0.00714 e. The molecule has 15 heavy (non-hydrogen) atoms. The highest BCUT2D eigenvalue weighted by Gasteiger charge is 2.12. The second-order valence-corrected chi connectivity index (χ2v) is 4.35. The van der Waals surface area contributed by atoms with E-state index in [1.807, 2.05) is 0 Å². The number of aryl methyl sites for hydroxylation is 1. The number of hydrogen-bond acceptors (Lipinski definition) is 1. The number of benzene rings is 1. The van der Waals surface area contributed by atoms with Crippen molar-refractivity contribution in [2.45, 2.75) is 46.0 Å². The lowest BCUT2D eigenvalue weighted by Crippen LogP contribution is -2.09. The lowest BCUT2D eigenvalue weighted by molar-refractivity contribution is 0.573. The van der Waals surface area contributed by atoms with Crippen LogP contribution in [0.15, 0.2) is 18.2 Å². The van der Waals surface area contributed by atoms with Crippen LogP contribution in [0, 0.1) is 13.8 Å². The van der Waals surface area contributed by atoms with Crippen molar-refractivity contribution in [1.29, 1.82) is 0 Å². The second-order valence-electron chi connectivity index (χ2n) is 4.35. The Morgan fingerprint density at radius 2 is 1.93 bits per heavy atom. The third kappa shape index (κ3) is 3.07. The highest BCUT2D eigenvalue weighted by atomic mass is 14.5. The van der Waals surface area contributed by atoms with Gasteiger partial charge in [-0.1, -0.05) is 31.5 Å². The van der Waals surface area contributed by atoms with Gasteiger partial charge in [0.15, 0.2) is 0 Å². The van der Waals surface area contributed by atoms with E-state index in [0.29, 0.717) is 5.92 Å². The molecule has 0 spiro atoms. The molecule has 0 heterocycles. The Balaban J connectivity index is 2.94. The van der Waals surface area contributed by atoms with E-state index in [9.17, 15) is 0 Å². The summed E-state index contributed by atoms with van der Waals surface area (Å²) in [4.78, 5) is 0. The lowest BCUT2D eigenvalue weighted by Gasteiger charge is -2.19. The summed E-state index contributed by atoms with van der Waals surface area (Å²) in [6.45, 7) is 7.45. The summed E-state index contributed by atoms with van der Waals surface area (Å²) in [5.74, 6) is 0.653. The number of hydrogen-bond donors (Lipinski definition) is 1. The van der Waals surface area contributed by atoms with Gasteiger partial charge in [-0.3, -0.25) is 0 Å². The molecule has 0 amide bonds. The standard InChI is InChI=1S/C14H23N/c1-4-6-13(9-10-15)14-8-5-7-11(2)12(14)3/h5,7-8,13H,4,6,9-10,15H2,1-3H3. The Morgan fingerprint density at radius 3 is 2.53 bits per heavy atom. The van der Waals surface area contributed by atoms with E-state index < -0.39 is 0 Å². The van der Waals surface area contributed by atoms with Gasteiger partial charge in [0.05, 0.1) is 0 Å². The first-order valence-electron chi connectivity index (χ1n) is 5.96. The third-order valence-corrected chi connectivity index (χ3v) is 3.24. The van der Waals surface area contributed by atoms with Crippen molar-refractivity contribution in [2.75, 3.05) is 6.54 Å². The van der Waals surface area contributed by atoms with Crippen molar-refractivity contribution in [3.8, 4) is 0 Å². The summed E-state index contributed by atoms with van der Waals surface area (Å²) >= 11 is 0. The maximum absolute atomic E-state index is 5.69. The van der Waals surface area contributed by atoms with Gasteiger partial charge in [-0.05, 0) is 55.8 Å². The fraction of sp³-hybridized carbons (Fsp3) is 0.571. The fourth-order valence-electron chi connectivity index (χ4n) is 2.22. The molecule has 0 aliphatic heterocycles. The Bertz CT molecular complexity index is 298. The zero-order valence-electron chi connectivity index (χ0n) is 10.2. The Hall–Kier alpha value is -0.820. The Labute approximate surface area is 93.7 Å². The molecule has 0 saturated heterocycles. The molecule has 0 aromatic heterocycles. The molecule has 1 atom stereocenters. The minimum Gasteiger partial charge on any atom is -0.330 e. The van der Waals surface area contributed by atoms with Gasteiger partial charge in [0.2, 0.25) is 0 Å². The van der Waals surface area contributed by atoms with E-state index in [1.54, 1.807) is 0 Å². The van der Waals surface area contributed by atoms with Gasteiger partial charge in [0.25, 0.3) is 0 Å². The van der Waals surface area contributed by atoms with Gasteiger partial charge in [-0.25, -0.2) is 0 Å². The summed E-state index contributed by atoms with van der Waals surface area (Å²) in [5, 5.41) is 0. The molecule has 0 aliphatic carbocycles. The normalized spacial score (nSPS) is 12.8. The van der Waals surface area contributed by atoms with Gasteiger partial charge in [0.1, 0.15) is 0 Å². The average molecular weight is 205 g/mol. The first kappa shape index (κ1) is 12.3. The molecule has 1 aromatic carbocycles. The zero-order chi connectivity index (χ0) is 11.3. The number of nitrogens with two attached hydrogens (primary N) is 1. The van der Waals surface area contributed by atoms with Crippen LogP contribution in [-0.4, -0.2) is 6.54 Å². The molecular formula is C14H23N. The van der Waals surface area contributed by atoms with Gasteiger partial charge < -0.3 is 5.73 Å². The molecule has 0 saturated carbocycles.